The predicted molar refractivity (Wildman–Crippen MR) is 66.6 cm³/mol. The van der Waals surface area contributed by atoms with Crippen molar-refractivity contribution in [3.8, 4) is 0 Å². The molecule has 0 bridgehead atoms. The SMILES string of the molecule is CCOC1CC(N2CCC(NC)C(C)C2)C1. The minimum Gasteiger partial charge on any atom is -0.378 e. The third kappa shape index (κ3) is 2.58. The van der Waals surface area contributed by atoms with Gasteiger partial charge in [0.15, 0.2) is 0 Å². The van der Waals surface area contributed by atoms with Gasteiger partial charge in [0.1, 0.15) is 0 Å². The molecule has 0 aromatic heterocycles. The summed E-state index contributed by atoms with van der Waals surface area (Å²) in [6, 6.07) is 1.52. The van der Waals surface area contributed by atoms with Gasteiger partial charge in [-0.15, -0.1) is 0 Å². The van der Waals surface area contributed by atoms with Crippen molar-refractivity contribution >= 4 is 0 Å². The summed E-state index contributed by atoms with van der Waals surface area (Å²) in [5.41, 5.74) is 0. The number of piperidine rings is 1. The Hall–Kier alpha value is -0.120. The van der Waals surface area contributed by atoms with Gasteiger partial charge in [0.25, 0.3) is 0 Å². The fourth-order valence-electron chi connectivity index (χ4n) is 3.15. The molecule has 3 heteroatoms. The first kappa shape index (κ1) is 12.3. The van der Waals surface area contributed by atoms with Gasteiger partial charge in [-0.1, -0.05) is 6.92 Å². The van der Waals surface area contributed by atoms with E-state index >= 15 is 0 Å². The van der Waals surface area contributed by atoms with Gasteiger partial charge in [0.05, 0.1) is 6.10 Å². The van der Waals surface area contributed by atoms with Crippen LogP contribution in [0.5, 0.6) is 0 Å². The summed E-state index contributed by atoms with van der Waals surface area (Å²) < 4.78 is 5.63. The van der Waals surface area contributed by atoms with Crippen molar-refractivity contribution in [2.24, 2.45) is 5.92 Å². The lowest BCUT2D eigenvalue weighted by molar-refractivity contribution is -0.0571. The van der Waals surface area contributed by atoms with Gasteiger partial charge in [0.2, 0.25) is 0 Å². The summed E-state index contributed by atoms with van der Waals surface area (Å²) in [7, 11) is 2.09. The minimum absolute atomic E-state index is 0.548. The Kier molecular flexibility index (Phi) is 4.22. The van der Waals surface area contributed by atoms with E-state index in [4.69, 9.17) is 4.74 Å². The summed E-state index contributed by atoms with van der Waals surface area (Å²) in [6.45, 7) is 7.85. The van der Waals surface area contributed by atoms with E-state index in [9.17, 15) is 0 Å². The molecule has 2 unspecified atom stereocenters. The molecule has 0 aromatic rings. The molecule has 16 heavy (non-hydrogen) atoms. The summed E-state index contributed by atoms with van der Waals surface area (Å²) in [5, 5.41) is 3.43. The monoisotopic (exact) mass is 226 g/mol. The van der Waals surface area contributed by atoms with Crippen LogP contribution in [0.4, 0.5) is 0 Å². The van der Waals surface area contributed by atoms with E-state index in [2.05, 4.69) is 31.1 Å². The Labute approximate surface area is 99.5 Å². The zero-order valence-electron chi connectivity index (χ0n) is 10.9. The molecule has 3 nitrogen and oxygen atoms in total. The van der Waals surface area contributed by atoms with E-state index in [0.29, 0.717) is 6.10 Å². The maximum atomic E-state index is 5.63. The fourth-order valence-corrected chi connectivity index (χ4v) is 3.15. The van der Waals surface area contributed by atoms with E-state index < -0.39 is 0 Å². The summed E-state index contributed by atoms with van der Waals surface area (Å²) >= 11 is 0. The van der Waals surface area contributed by atoms with Crippen molar-refractivity contribution in [2.75, 3.05) is 26.7 Å². The van der Waals surface area contributed by atoms with Crippen LogP contribution in [0.25, 0.3) is 0 Å². The van der Waals surface area contributed by atoms with Gasteiger partial charge in [0, 0.05) is 25.2 Å². The molecule has 0 amide bonds. The molecule has 2 atom stereocenters. The van der Waals surface area contributed by atoms with Gasteiger partial charge >= 0.3 is 0 Å². The maximum Gasteiger partial charge on any atom is 0.0604 e. The van der Waals surface area contributed by atoms with Crippen LogP contribution in [0.2, 0.25) is 0 Å². The molecule has 2 fully saturated rings. The molecule has 0 radical (unpaired) electrons. The highest BCUT2D eigenvalue weighted by atomic mass is 16.5. The van der Waals surface area contributed by atoms with Crippen LogP contribution < -0.4 is 5.32 Å². The number of nitrogens with one attached hydrogen (secondary N) is 1. The lowest BCUT2D eigenvalue weighted by Gasteiger charge is -2.47. The second-order valence-corrected chi connectivity index (χ2v) is 5.36. The zero-order valence-corrected chi connectivity index (χ0v) is 10.9. The highest BCUT2D eigenvalue weighted by Crippen LogP contribution is 2.31. The molecule has 1 saturated carbocycles. The lowest BCUT2D eigenvalue weighted by Crippen LogP contribution is -2.55. The van der Waals surface area contributed by atoms with Crippen LogP contribution >= 0.6 is 0 Å². The van der Waals surface area contributed by atoms with Crippen LogP contribution in [0.1, 0.15) is 33.1 Å². The molecule has 1 aliphatic heterocycles. The van der Waals surface area contributed by atoms with Crippen LogP contribution in [-0.4, -0.2) is 49.8 Å². The molecule has 1 heterocycles. The van der Waals surface area contributed by atoms with Crippen LogP contribution in [0, 0.1) is 5.92 Å². The molecule has 1 saturated heterocycles. The maximum absolute atomic E-state index is 5.63. The van der Waals surface area contributed by atoms with Crippen molar-refractivity contribution in [1.29, 1.82) is 0 Å². The van der Waals surface area contributed by atoms with Crippen LogP contribution in [-0.2, 0) is 4.74 Å². The molecule has 1 N–H and O–H groups in total. The number of hydrogen-bond donors (Lipinski definition) is 1. The molecular formula is C13H26N2O. The zero-order chi connectivity index (χ0) is 11.5. The average Bonchev–Trinajstić information content (AvgIpc) is 2.22. The normalized spacial score (nSPS) is 40.7. The van der Waals surface area contributed by atoms with Crippen molar-refractivity contribution < 1.29 is 4.74 Å². The van der Waals surface area contributed by atoms with Gasteiger partial charge in [-0.25, -0.2) is 0 Å². The third-order valence-corrected chi connectivity index (χ3v) is 4.30. The second-order valence-electron chi connectivity index (χ2n) is 5.36. The Morgan fingerprint density at radius 3 is 2.69 bits per heavy atom. The number of rotatable bonds is 4. The van der Waals surface area contributed by atoms with Gasteiger partial charge in [-0.3, -0.25) is 4.90 Å². The molecular weight excluding hydrogens is 200 g/mol. The standard InChI is InChI=1S/C13H26N2O/c1-4-16-12-7-11(8-12)15-6-5-13(14-3)10(2)9-15/h10-14H,4-9H2,1-3H3. The van der Waals surface area contributed by atoms with E-state index in [-0.39, 0.29) is 0 Å². The Morgan fingerprint density at radius 2 is 2.12 bits per heavy atom. The summed E-state index contributed by atoms with van der Waals surface area (Å²) in [5.74, 6) is 0.782. The van der Waals surface area contributed by atoms with Gasteiger partial charge in [-0.2, -0.15) is 0 Å². The van der Waals surface area contributed by atoms with Gasteiger partial charge in [-0.05, 0) is 45.7 Å². The number of ether oxygens (including phenoxy) is 1. The summed E-state index contributed by atoms with van der Waals surface area (Å²) in [6.07, 6.45) is 4.36. The molecule has 0 spiro atoms. The quantitative estimate of drug-likeness (QED) is 0.786. The number of hydrogen-bond acceptors (Lipinski definition) is 3. The lowest BCUT2D eigenvalue weighted by atomic mass is 9.84. The van der Waals surface area contributed by atoms with Crippen LogP contribution in [0.3, 0.4) is 0 Å². The van der Waals surface area contributed by atoms with E-state index in [1.165, 1.54) is 32.4 Å². The first-order chi connectivity index (χ1) is 7.74. The molecule has 2 rings (SSSR count). The summed E-state index contributed by atoms with van der Waals surface area (Å²) in [4.78, 5) is 2.67. The van der Waals surface area contributed by atoms with Crippen molar-refractivity contribution in [1.82, 2.24) is 10.2 Å². The Bertz CT molecular complexity index is 216. The van der Waals surface area contributed by atoms with E-state index in [1.807, 2.05) is 0 Å². The van der Waals surface area contributed by atoms with Crippen molar-refractivity contribution in [3.05, 3.63) is 0 Å². The number of likely N-dealkylation sites (tertiary alicyclic amines) is 1. The molecule has 0 aromatic carbocycles. The second kappa shape index (κ2) is 5.48. The highest BCUT2D eigenvalue weighted by Gasteiger charge is 2.37. The first-order valence-corrected chi connectivity index (χ1v) is 6.77. The average molecular weight is 226 g/mol. The highest BCUT2D eigenvalue weighted by molar-refractivity contribution is 4.92. The smallest absolute Gasteiger partial charge is 0.0604 e. The van der Waals surface area contributed by atoms with Crippen LogP contribution in [0.15, 0.2) is 0 Å². The Morgan fingerprint density at radius 1 is 1.38 bits per heavy atom. The number of nitrogens with zero attached hydrogens (tertiary/aromatic N) is 1. The third-order valence-electron chi connectivity index (χ3n) is 4.30. The van der Waals surface area contributed by atoms with Crippen molar-refractivity contribution in [3.63, 3.8) is 0 Å². The largest absolute Gasteiger partial charge is 0.378 e. The topological polar surface area (TPSA) is 24.5 Å². The molecule has 2 aliphatic rings. The Balaban J connectivity index is 1.73. The fraction of sp³-hybridized carbons (Fsp3) is 1.00. The predicted octanol–water partition coefficient (Wildman–Crippen LogP) is 1.48. The van der Waals surface area contributed by atoms with Gasteiger partial charge < -0.3 is 10.1 Å². The molecule has 94 valence electrons. The van der Waals surface area contributed by atoms with Crippen molar-refractivity contribution in [2.45, 2.75) is 51.3 Å². The minimum atomic E-state index is 0.548. The molecule has 1 aliphatic carbocycles. The first-order valence-electron chi connectivity index (χ1n) is 6.77. The van der Waals surface area contributed by atoms with E-state index in [1.54, 1.807) is 0 Å². The van der Waals surface area contributed by atoms with E-state index in [0.717, 1.165) is 24.6 Å².